The zero-order chi connectivity index (χ0) is 18.2. The first kappa shape index (κ1) is 18.1. The predicted octanol–water partition coefficient (Wildman–Crippen LogP) is 3.71. The van der Waals surface area contributed by atoms with Crippen molar-refractivity contribution in [2.45, 2.75) is 0 Å². The molecule has 8 heteroatoms. The summed E-state index contributed by atoms with van der Waals surface area (Å²) in [5.74, 6) is 3.09. The number of hydrazone groups is 1. The molecule has 2 aromatic carbocycles. The van der Waals surface area contributed by atoms with Crippen molar-refractivity contribution in [2.24, 2.45) is 5.10 Å². The number of hydrogen-bond acceptors (Lipinski definition) is 6. The van der Waals surface area contributed by atoms with Gasteiger partial charge in [0.15, 0.2) is 11.5 Å². The Bertz CT molecular complexity index is 846. The van der Waals surface area contributed by atoms with Crippen LogP contribution in [0.3, 0.4) is 0 Å². The van der Waals surface area contributed by atoms with Crippen molar-refractivity contribution in [1.29, 1.82) is 0 Å². The van der Waals surface area contributed by atoms with Crippen LogP contribution in [0.4, 0.5) is 11.4 Å². The molecule has 0 aliphatic rings. The smallest absolute Gasteiger partial charge is 0.294 e. The van der Waals surface area contributed by atoms with Crippen molar-refractivity contribution < 1.29 is 14.4 Å². The normalized spacial score (nSPS) is 10.3. The van der Waals surface area contributed by atoms with Crippen LogP contribution in [0.5, 0.6) is 11.5 Å². The molecule has 0 saturated heterocycles. The molecular formula is C17H14ClN3O4. The maximum Gasteiger partial charge on any atom is 0.294 e. The number of halogens is 1. The second-order valence-corrected chi connectivity index (χ2v) is 5.08. The summed E-state index contributed by atoms with van der Waals surface area (Å²) in [4.78, 5) is 10.5. The molecule has 0 spiro atoms. The second kappa shape index (κ2) is 8.57. The molecule has 25 heavy (non-hydrogen) atoms. The minimum Gasteiger partial charge on any atom is -0.493 e. The Kier molecular flexibility index (Phi) is 6.20. The molecule has 0 fully saturated rings. The van der Waals surface area contributed by atoms with Crippen LogP contribution in [0.2, 0.25) is 5.02 Å². The molecular weight excluding hydrogens is 346 g/mol. The van der Waals surface area contributed by atoms with Crippen LogP contribution < -0.4 is 14.9 Å². The number of benzene rings is 2. The number of ether oxygens (including phenoxy) is 2. The van der Waals surface area contributed by atoms with Crippen molar-refractivity contribution >= 4 is 29.2 Å². The van der Waals surface area contributed by atoms with Crippen LogP contribution in [-0.2, 0) is 0 Å². The van der Waals surface area contributed by atoms with E-state index in [-0.39, 0.29) is 18.0 Å². The number of nitrogens with zero attached hydrogens (tertiary/aromatic N) is 2. The number of para-hydroxylation sites is 2. The van der Waals surface area contributed by atoms with E-state index in [0.29, 0.717) is 22.1 Å². The van der Waals surface area contributed by atoms with Crippen molar-refractivity contribution in [3.05, 3.63) is 57.1 Å². The summed E-state index contributed by atoms with van der Waals surface area (Å²) in [6, 6.07) is 9.45. The van der Waals surface area contributed by atoms with Crippen molar-refractivity contribution in [3.8, 4) is 23.8 Å². The summed E-state index contributed by atoms with van der Waals surface area (Å²) in [6.45, 7) is 0.0583. The van der Waals surface area contributed by atoms with Gasteiger partial charge in [0.25, 0.3) is 5.69 Å². The molecule has 1 N–H and O–H groups in total. The SMILES string of the molecule is C#CCOc1c(Cl)cc(/C=N\Nc2ccccc2[N+](=O)[O-])cc1OC. The summed E-state index contributed by atoms with van der Waals surface area (Å²) in [5.41, 5.74) is 3.45. The average molecular weight is 360 g/mol. The predicted molar refractivity (Wildman–Crippen MR) is 96.6 cm³/mol. The lowest BCUT2D eigenvalue weighted by molar-refractivity contribution is -0.384. The number of nitro benzene ring substituents is 1. The van der Waals surface area contributed by atoms with E-state index in [1.165, 1.54) is 19.4 Å². The van der Waals surface area contributed by atoms with E-state index < -0.39 is 4.92 Å². The Hall–Kier alpha value is -3.24. The van der Waals surface area contributed by atoms with Gasteiger partial charge >= 0.3 is 0 Å². The lowest BCUT2D eigenvalue weighted by atomic mass is 10.2. The van der Waals surface area contributed by atoms with Crippen LogP contribution in [0, 0.1) is 22.5 Å². The minimum absolute atomic E-state index is 0.0583. The molecule has 128 valence electrons. The molecule has 0 aliphatic heterocycles. The number of nitro groups is 1. The van der Waals surface area contributed by atoms with E-state index in [1.807, 2.05) is 0 Å². The minimum atomic E-state index is -0.491. The zero-order valence-corrected chi connectivity index (χ0v) is 14.0. The van der Waals surface area contributed by atoms with E-state index in [1.54, 1.807) is 30.3 Å². The number of terminal acetylenes is 1. The fourth-order valence-corrected chi connectivity index (χ4v) is 2.25. The van der Waals surface area contributed by atoms with Gasteiger partial charge in [-0.3, -0.25) is 15.5 Å². The third kappa shape index (κ3) is 4.62. The van der Waals surface area contributed by atoms with E-state index in [2.05, 4.69) is 16.4 Å². The van der Waals surface area contributed by atoms with Gasteiger partial charge in [0.2, 0.25) is 0 Å². The first-order chi connectivity index (χ1) is 12.1. The number of nitrogens with one attached hydrogen (secondary N) is 1. The molecule has 0 radical (unpaired) electrons. The summed E-state index contributed by atoms with van der Waals surface area (Å²) in [7, 11) is 1.47. The number of anilines is 1. The van der Waals surface area contributed by atoms with E-state index >= 15 is 0 Å². The summed E-state index contributed by atoms with van der Waals surface area (Å²) in [6.07, 6.45) is 6.62. The molecule has 0 unspecified atom stereocenters. The number of rotatable bonds is 7. The Morgan fingerprint density at radius 1 is 1.44 bits per heavy atom. The van der Waals surface area contributed by atoms with Crippen LogP contribution in [0.15, 0.2) is 41.5 Å². The van der Waals surface area contributed by atoms with Crippen LogP contribution in [-0.4, -0.2) is 24.9 Å². The van der Waals surface area contributed by atoms with Gasteiger partial charge in [-0.05, 0) is 23.8 Å². The quantitative estimate of drug-likeness (QED) is 0.352. The number of methoxy groups -OCH3 is 1. The fraction of sp³-hybridized carbons (Fsp3) is 0.118. The molecule has 0 heterocycles. The van der Waals surface area contributed by atoms with Crippen molar-refractivity contribution in [1.82, 2.24) is 0 Å². The van der Waals surface area contributed by atoms with Gasteiger partial charge in [0, 0.05) is 6.07 Å². The first-order valence-electron chi connectivity index (χ1n) is 7.03. The van der Waals surface area contributed by atoms with E-state index in [9.17, 15) is 10.1 Å². The highest BCUT2D eigenvalue weighted by molar-refractivity contribution is 6.32. The van der Waals surface area contributed by atoms with Gasteiger partial charge in [-0.15, -0.1) is 6.42 Å². The van der Waals surface area contributed by atoms with Gasteiger partial charge in [-0.25, -0.2) is 0 Å². The second-order valence-electron chi connectivity index (χ2n) is 4.67. The number of hydrogen-bond donors (Lipinski definition) is 1. The Balaban J connectivity index is 2.21. The van der Waals surface area contributed by atoms with Gasteiger partial charge in [0.05, 0.1) is 23.3 Å². The highest BCUT2D eigenvalue weighted by Gasteiger charge is 2.12. The van der Waals surface area contributed by atoms with Crippen LogP contribution >= 0.6 is 11.6 Å². The Morgan fingerprint density at radius 2 is 2.20 bits per heavy atom. The Morgan fingerprint density at radius 3 is 2.88 bits per heavy atom. The topological polar surface area (TPSA) is 86.0 Å². The van der Waals surface area contributed by atoms with E-state index in [4.69, 9.17) is 27.5 Å². The lowest BCUT2D eigenvalue weighted by Crippen LogP contribution is -1.99. The largest absolute Gasteiger partial charge is 0.493 e. The molecule has 0 aliphatic carbocycles. The molecule has 2 aromatic rings. The molecule has 0 amide bonds. The highest BCUT2D eigenvalue weighted by atomic mass is 35.5. The molecule has 2 rings (SSSR count). The standard InChI is InChI=1S/C17H14ClN3O4/c1-3-8-25-17-13(18)9-12(10-16(17)24-2)11-19-20-14-6-4-5-7-15(14)21(22)23/h1,4-7,9-11,20H,8H2,2H3/b19-11-. The maximum atomic E-state index is 11.0. The van der Waals surface area contributed by atoms with E-state index in [0.717, 1.165) is 0 Å². The third-order valence-corrected chi connectivity index (χ3v) is 3.33. The molecule has 7 nitrogen and oxygen atoms in total. The third-order valence-electron chi connectivity index (χ3n) is 3.05. The van der Waals surface area contributed by atoms with Gasteiger partial charge in [-0.1, -0.05) is 29.7 Å². The summed E-state index contributed by atoms with van der Waals surface area (Å²) < 4.78 is 10.6. The molecule has 0 bridgehead atoms. The summed E-state index contributed by atoms with van der Waals surface area (Å²) in [5, 5.41) is 15.3. The molecule has 0 saturated carbocycles. The fourth-order valence-electron chi connectivity index (χ4n) is 1.97. The summed E-state index contributed by atoms with van der Waals surface area (Å²) >= 11 is 6.17. The average Bonchev–Trinajstić information content (AvgIpc) is 2.60. The van der Waals surface area contributed by atoms with Crippen molar-refractivity contribution in [3.63, 3.8) is 0 Å². The van der Waals surface area contributed by atoms with Gasteiger partial charge < -0.3 is 9.47 Å². The monoisotopic (exact) mass is 359 g/mol. The maximum absolute atomic E-state index is 11.0. The zero-order valence-electron chi connectivity index (χ0n) is 13.2. The Labute approximate surface area is 149 Å². The highest BCUT2D eigenvalue weighted by Crippen LogP contribution is 2.36. The first-order valence-corrected chi connectivity index (χ1v) is 7.41. The van der Waals surface area contributed by atoms with Crippen LogP contribution in [0.1, 0.15) is 5.56 Å². The molecule has 0 aromatic heterocycles. The van der Waals surface area contributed by atoms with Crippen molar-refractivity contribution in [2.75, 3.05) is 19.1 Å². The molecule has 0 atom stereocenters. The lowest BCUT2D eigenvalue weighted by Gasteiger charge is -2.11. The van der Waals surface area contributed by atoms with Crippen LogP contribution in [0.25, 0.3) is 0 Å². The van der Waals surface area contributed by atoms with Gasteiger partial charge in [-0.2, -0.15) is 5.10 Å². The van der Waals surface area contributed by atoms with Gasteiger partial charge in [0.1, 0.15) is 12.3 Å².